The summed E-state index contributed by atoms with van der Waals surface area (Å²) in [5.74, 6) is -1.36. The number of hydrogen-bond donors (Lipinski definition) is 2. The fourth-order valence-electron chi connectivity index (χ4n) is 1.40. The van der Waals surface area contributed by atoms with Crippen molar-refractivity contribution >= 4 is 39.9 Å². The van der Waals surface area contributed by atoms with Gasteiger partial charge in [-0.1, -0.05) is 36.8 Å². The van der Waals surface area contributed by atoms with Gasteiger partial charge in [-0.15, -0.1) is 0 Å². The maximum atomic E-state index is 11.0. The number of nitrogens with two attached hydrogens (primary N) is 1. The predicted molar refractivity (Wildman–Crippen MR) is 70.3 cm³/mol. The molecule has 1 aromatic rings. The molecule has 3 N–H and O–H groups in total. The van der Waals surface area contributed by atoms with Crippen molar-refractivity contribution in [2.45, 2.75) is 13.8 Å². The summed E-state index contributed by atoms with van der Waals surface area (Å²) in [6.45, 7) is 4.48. The number of aromatic carboxylic acids is 1. The zero-order chi connectivity index (χ0) is 13.9. The first kappa shape index (κ1) is 14.7. The lowest BCUT2D eigenvalue weighted by Gasteiger charge is -2.21. The molecule has 0 radical (unpaired) electrons. The van der Waals surface area contributed by atoms with E-state index < -0.39 is 11.9 Å². The van der Waals surface area contributed by atoms with Gasteiger partial charge in [0.15, 0.2) is 15.2 Å². The Labute approximate surface area is 113 Å². The van der Waals surface area contributed by atoms with Crippen molar-refractivity contribution in [3.8, 4) is 0 Å². The third kappa shape index (κ3) is 3.85. The van der Waals surface area contributed by atoms with E-state index in [2.05, 4.69) is 4.98 Å². The van der Waals surface area contributed by atoms with Crippen LogP contribution in [-0.4, -0.2) is 35.1 Å². The summed E-state index contributed by atoms with van der Waals surface area (Å²) in [4.78, 5) is 27.4. The van der Waals surface area contributed by atoms with Gasteiger partial charge in [0.1, 0.15) is 0 Å². The lowest BCUT2D eigenvalue weighted by atomic mass is 10.2. The number of rotatable bonds is 6. The Morgan fingerprint density at radius 3 is 2.56 bits per heavy atom. The number of thiazole rings is 1. The molecule has 0 spiro atoms. The molecule has 1 aromatic heterocycles. The van der Waals surface area contributed by atoms with E-state index in [1.807, 2.05) is 13.8 Å². The number of nitrogens with zero attached hydrogens (tertiary/aromatic N) is 2. The van der Waals surface area contributed by atoms with Gasteiger partial charge in [-0.25, -0.2) is 9.78 Å². The molecule has 0 saturated heterocycles. The maximum absolute atomic E-state index is 11.0. The van der Waals surface area contributed by atoms with E-state index in [-0.39, 0.29) is 22.5 Å². The van der Waals surface area contributed by atoms with Gasteiger partial charge in [0.25, 0.3) is 0 Å². The van der Waals surface area contributed by atoms with Gasteiger partial charge in [0.05, 0.1) is 6.54 Å². The summed E-state index contributed by atoms with van der Waals surface area (Å²) in [7, 11) is 0. The molecule has 1 rings (SSSR count). The van der Waals surface area contributed by atoms with Crippen LogP contribution in [0.4, 0.5) is 5.13 Å². The van der Waals surface area contributed by atoms with Gasteiger partial charge in [0.2, 0.25) is 5.91 Å². The first-order valence-corrected chi connectivity index (χ1v) is 6.43. The molecular weight excluding hydrogens is 278 g/mol. The van der Waals surface area contributed by atoms with Crippen molar-refractivity contribution in [2.24, 2.45) is 11.7 Å². The molecule has 0 aliphatic carbocycles. The third-order valence-corrected chi connectivity index (χ3v) is 3.46. The van der Waals surface area contributed by atoms with E-state index in [0.717, 1.165) is 11.3 Å². The normalized spacial score (nSPS) is 10.7. The number of carbonyl (C=O) groups is 2. The van der Waals surface area contributed by atoms with E-state index in [9.17, 15) is 9.59 Å². The van der Waals surface area contributed by atoms with Crippen LogP contribution in [0.5, 0.6) is 0 Å². The van der Waals surface area contributed by atoms with E-state index in [4.69, 9.17) is 22.4 Å². The van der Waals surface area contributed by atoms with Crippen LogP contribution in [0.2, 0.25) is 5.15 Å². The number of carboxylic acid groups (broad SMARTS) is 1. The number of hydrogen-bond acceptors (Lipinski definition) is 5. The fraction of sp³-hybridized carbons (Fsp3) is 0.500. The van der Waals surface area contributed by atoms with E-state index in [1.165, 1.54) is 0 Å². The highest BCUT2D eigenvalue weighted by Crippen LogP contribution is 2.29. The van der Waals surface area contributed by atoms with Gasteiger partial charge in [-0.3, -0.25) is 4.79 Å². The average Bonchev–Trinajstić information content (AvgIpc) is 2.57. The Bertz CT molecular complexity index is 461. The summed E-state index contributed by atoms with van der Waals surface area (Å²) >= 11 is 6.67. The summed E-state index contributed by atoms with van der Waals surface area (Å²) in [6.07, 6.45) is 0. The minimum Gasteiger partial charge on any atom is -0.477 e. The van der Waals surface area contributed by atoms with Crippen LogP contribution in [0, 0.1) is 5.92 Å². The fourth-order valence-corrected chi connectivity index (χ4v) is 2.53. The molecule has 0 bridgehead atoms. The van der Waals surface area contributed by atoms with Gasteiger partial charge in [0, 0.05) is 6.54 Å². The van der Waals surface area contributed by atoms with Gasteiger partial charge >= 0.3 is 5.97 Å². The smallest absolute Gasteiger partial charge is 0.349 e. The van der Waals surface area contributed by atoms with E-state index in [1.54, 1.807) is 4.90 Å². The summed E-state index contributed by atoms with van der Waals surface area (Å²) in [5.41, 5.74) is 5.16. The largest absolute Gasteiger partial charge is 0.477 e. The lowest BCUT2D eigenvalue weighted by molar-refractivity contribution is -0.116. The van der Waals surface area contributed by atoms with Gasteiger partial charge in [-0.05, 0) is 5.92 Å². The van der Waals surface area contributed by atoms with Crippen molar-refractivity contribution in [3.63, 3.8) is 0 Å². The molecule has 0 aromatic carbocycles. The van der Waals surface area contributed by atoms with Crippen LogP contribution in [0.25, 0.3) is 0 Å². The molecule has 1 heterocycles. The Balaban J connectivity index is 3.01. The van der Waals surface area contributed by atoms with Crippen molar-refractivity contribution in [2.75, 3.05) is 18.0 Å². The van der Waals surface area contributed by atoms with Crippen LogP contribution >= 0.6 is 22.9 Å². The second-order valence-corrected chi connectivity index (χ2v) is 5.50. The first-order valence-electron chi connectivity index (χ1n) is 5.24. The number of anilines is 1. The summed E-state index contributed by atoms with van der Waals surface area (Å²) < 4.78 is 0. The summed E-state index contributed by atoms with van der Waals surface area (Å²) in [6, 6.07) is 0. The highest BCUT2D eigenvalue weighted by molar-refractivity contribution is 7.18. The van der Waals surface area contributed by atoms with E-state index >= 15 is 0 Å². The third-order valence-electron chi connectivity index (χ3n) is 1.97. The molecule has 1 amide bonds. The Morgan fingerprint density at radius 2 is 2.17 bits per heavy atom. The maximum Gasteiger partial charge on any atom is 0.349 e. The number of carboxylic acids is 1. The molecular formula is C10H14ClN3O3S. The molecule has 0 unspecified atom stereocenters. The monoisotopic (exact) mass is 291 g/mol. The minimum atomic E-state index is -1.13. The van der Waals surface area contributed by atoms with Crippen LogP contribution in [0.15, 0.2) is 0 Å². The van der Waals surface area contributed by atoms with Crippen molar-refractivity contribution in [1.29, 1.82) is 0 Å². The SMILES string of the molecule is CC(C)CN(CC(N)=O)c1nc(Cl)c(C(=O)O)s1. The Hall–Kier alpha value is -1.34. The molecule has 0 aliphatic heterocycles. The first-order chi connectivity index (χ1) is 8.31. The van der Waals surface area contributed by atoms with Crippen LogP contribution < -0.4 is 10.6 Å². The molecule has 100 valence electrons. The molecule has 0 fully saturated rings. The topological polar surface area (TPSA) is 96.5 Å². The van der Waals surface area contributed by atoms with Gasteiger partial charge in [-0.2, -0.15) is 0 Å². The number of amides is 1. The minimum absolute atomic E-state index is 0.0128. The zero-order valence-electron chi connectivity index (χ0n) is 10.0. The van der Waals surface area contributed by atoms with Crippen molar-refractivity contribution in [1.82, 2.24) is 4.98 Å². The van der Waals surface area contributed by atoms with E-state index in [0.29, 0.717) is 11.7 Å². The highest BCUT2D eigenvalue weighted by Gasteiger charge is 2.21. The second-order valence-electron chi connectivity index (χ2n) is 4.16. The quantitative estimate of drug-likeness (QED) is 0.827. The molecule has 8 heteroatoms. The highest BCUT2D eigenvalue weighted by atomic mass is 35.5. The van der Waals surface area contributed by atoms with Crippen LogP contribution in [-0.2, 0) is 4.79 Å². The zero-order valence-corrected chi connectivity index (χ0v) is 11.6. The standard InChI is InChI=1S/C10H14ClN3O3S/c1-5(2)3-14(4-6(12)15)10-13-8(11)7(18-10)9(16)17/h5H,3-4H2,1-2H3,(H2,12,15)(H,16,17). The molecule has 0 atom stereocenters. The molecule has 18 heavy (non-hydrogen) atoms. The second kappa shape index (κ2) is 6.01. The summed E-state index contributed by atoms with van der Waals surface area (Å²) in [5, 5.41) is 9.23. The molecule has 6 nitrogen and oxygen atoms in total. The average molecular weight is 292 g/mol. The Kier molecular flexibility index (Phi) is 4.92. The predicted octanol–water partition coefficient (Wildman–Crippen LogP) is 1.44. The van der Waals surface area contributed by atoms with Crippen LogP contribution in [0.1, 0.15) is 23.5 Å². The Morgan fingerprint density at radius 1 is 1.56 bits per heavy atom. The number of aromatic nitrogens is 1. The lowest BCUT2D eigenvalue weighted by Crippen LogP contribution is -2.36. The van der Waals surface area contributed by atoms with Gasteiger partial charge < -0.3 is 15.7 Å². The number of primary amides is 1. The van der Waals surface area contributed by atoms with Crippen molar-refractivity contribution in [3.05, 3.63) is 10.0 Å². The van der Waals surface area contributed by atoms with Crippen LogP contribution in [0.3, 0.4) is 0 Å². The van der Waals surface area contributed by atoms with Crippen molar-refractivity contribution < 1.29 is 14.7 Å². The molecule has 0 saturated carbocycles. The number of carbonyl (C=O) groups excluding carboxylic acids is 1. The molecule has 0 aliphatic rings. The number of halogens is 1.